The van der Waals surface area contributed by atoms with Crippen molar-refractivity contribution in [3.63, 3.8) is 0 Å². The largest absolute Gasteiger partial charge is 0.298 e. The first-order valence-electron chi connectivity index (χ1n) is 6.76. The first-order chi connectivity index (χ1) is 11.5. The van der Waals surface area contributed by atoms with Gasteiger partial charge in [0.05, 0.1) is 10.5 Å². The van der Waals surface area contributed by atoms with Gasteiger partial charge < -0.3 is 0 Å². The molecule has 8 heteroatoms. The van der Waals surface area contributed by atoms with E-state index in [0.717, 1.165) is 0 Å². The van der Waals surface area contributed by atoms with Crippen LogP contribution in [0.25, 0.3) is 16.9 Å². The fraction of sp³-hybridized carbons (Fsp3) is 0. The van der Waals surface area contributed by atoms with Gasteiger partial charge in [0.15, 0.2) is 6.29 Å². The molecule has 2 aromatic carbocycles. The van der Waals surface area contributed by atoms with Crippen LogP contribution >= 0.6 is 15.9 Å². The molecule has 0 bridgehead atoms. The van der Waals surface area contributed by atoms with Crippen molar-refractivity contribution in [2.75, 3.05) is 0 Å². The van der Waals surface area contributed by atoms with Crippen molar-refractivity contribution in [3.05, 3.63) is 74.6 Å². The molecule has 0 fully saturated rings. The maximum atomic E-state index is 13.1. The van der Waals surface area contributed by atoms with Crippen LogP contribution in [0.4, 0.5) is 10.1 Å². The molecule has 0 spiro atoms. The molecule has 0 unspecified atom stereocenters. The fourth-order valence-corrected chi connectivity index (χ4v) is 2.84. The van der Waals surface area contributed by atoms with E-state index in [2.05, 4.69) is 21.0 Å². The van der Waals surface area contributed by atoms with E-state index in [9.17, 15) is 19.3 Å². The second-order valence-corrected chi connectivity index (χ2v) is 5.59. The predicted octanol–water partition coefficient (Wildman–Crippen LogP) is 4.16. The lowest BCUT2D eigenvalue weighted by Gasteiger charge is -2.04. The zero-order valence-corrected chi connectivity index (χ0v) is 13.6. The Morgan fingerprint density at radius 2 is 1.83 bits per heavy atom. The van der Waals surface area contributed by atoms with Crippen molar-refractivity contribution in [2.45, 2.75) is 0 Å². The van der Waals surface area contributed by atoms with Crippen molar-refractivity contribution >= 4 is 27.9 Å². The predicted molar refractivity (Wildman–Crippen MR) is 88.7 cm³/mol. The Balaban J connectivity index is 2.23. The number of hydrogen-bond acceptors (Lipinski definition) is 4. The highest BCUT2D eigenvalue weighted by Crippen LogP contribution is 2.32. The SMILES string of the molecule is O=Cc1c(-c2ccc(F)cc2)nn(-c2ccccc2[N+](=O)[O-])c1Br. The molecule has 1 aromatic heterocycles. The number of nitro groups is 1. The Kier molecular flexibility index (Phi) is 4.22. The van der Waals surface area contributed by atoms with Crippen LogP contribution in [0.5, 0.6) is 0 Å². The summed E-state index contributed by atoms with van der Waals surface area (Å²) < 4.78 is 14.7. The summed E-state index contributed by atoms with van der Waals surface area (Å²) in [6.45, 7) is 0. The summed E-state index contributed by atoms with van der Waals surface area (Å²) in [5.74, 6) is -0.413. The number of carbonyl (C=O) groups excluding carboxylic acids is 1. The van der Waals surface area contributed by atoms with Gasteiger partial charge in [-0.1, -0.05) is 12.1 Å². The molecule has 3 rings (SSSR count). The van der Waals surface area contributed by atoms with E-state index in [-0.39, 0.29) is 21.5 Å². The lowest BCUT2D eigenvalue weighted by atomic mass is 10.1. The summed E-state index contributed by atoms with van der Waals surface area (Å²) in [4.78, 5) is 22.1. The smallest absolute Gasteiger partial charge is 0.294 e. The number of benzene rings is 2. The molecule has 6 nitrogen and oxygen atoms in total. The second kappa shape index (κ2) is 6.32. The van der Waals surface area contributed by atoms with Gasteiger partial charge in [-0.2, -0.15) is 5.10 Å². The summed E-state index contributed by atoms with van der Waals surface area (Å²) in [6, 6.07) is 11.5. The van der Waals surface area contributed by atoms with Crippen LogP contribution in [0.15, 0.2) is 53.1 Å². The second-order valence-electron chi connectivity index (χ2n) is 4.84. The number of aromatic nitrogens is 2. The number of halogens is 2. The molecule has 0 aliphatic carbocycles. The fourth-order valence-electron chi connectivity index (χ4n) is 2.29. The number of carbonyl (C=O) groups is 1. The average molecular weight is 390 g/mol. The molecule has 0 saturated heterocycles. The van der Waals surface area contributed by atoms with Crippen LogP contribution in [0.1, 0.15) is 10.4 Å². The van der Waals surface area contributed by atoms with Crippen molar-refractivity contribution < 1.29 is 14.1 Å². The van der Waals surface area contributed by atoms with E-state index in [1.807, 2.05) is 0 Å². The van der Waals surface area contributed by atoms with Gasteiger partial charge in [-0.05, 0) is 46.3 Å². The molecule has 0 aliphatic heterocycles. The molecular weight excluding hydrogens is 381 g/mol. The third-order valence-electron chi connectivity index (χ3n) is 3.41. The Morgan fingerprint density at radius 1 is 1.17 bits per heavy atom. The lowest BCUT2D eigenvalue weighted by molar-refractivity contribution is -0.384. The minimum atomic E-state index is -0.526. The van der Waals surface area contributed by atoms with Gasteiger partial charge >= 0.3 is 0 Å². The molecular formula is C16H9BrFN3O3. The Morgan fingerprint density at radius 3 is 2.46 bits per heavy atom. The van der Waals surface area contributed by atoms with E-state index < -0.39 is 10.7 Å². The highest BCUT2D eigenvalue weighted by atomic mass is 79.9. The van der Waals surface area contributed by atoms with Gasteiger partial charge in [0.25, 0.3) is 5.69 Å². The molecule has 1 heterocycles. The Hall–Kier alpha value is -2.87. The summed E-state index contributed by atoms with van der Waals surface area (Å²) in [6.07, 6.45) is 0.598. The van der Waals surface area contributed by atoms with E-state index >= 15 is 0 Å². The molecule has 0 radical (unpaired) electrons. The average Bonchev–Trinajstić information content (AvgIpc) is 2.92. The first-order valence-corrected chi connectivity index (χ1v) is 7.55. The minimum absolute atomic E-state index is 0.149. The zero-order chi connectivity index (χ0) is 17.3. The number of nitro benzene ring substituents is 1. The Bertz CT molecular complexity index is 938. The van der Waals surface area contributed by atoms with Crippen LogP contribution in [0, 0.1) is 15.9 Å². The van der Waals surface area contributed by atoms with Gasteiger partial charge in [-0.3, -0.25) is 14.9 Å². The number of aldehydes is 1. The molecule has 0 N–H and O–H groups in total. The van der Waals surface area contributed by atoms with E-state index in [0.29, 0.717) is 17.5 Å². The molecule has 0 saturated carbocycles. The van der Waals surface area contributed by atoms with Gasteiger partial charge in [0.2, 0.25) is 0 Å². The molecule has 0 amide bonds. The minimum Gasteiger partial charge on any atom is -0.298 e. The number of hydrogen-bond donors (Lipinski definition) is 0. The van der Waals surface area contributed by atoms with Crippen molar-refractivity contribution in [1.29, 1.82) is 0 Å². The third kappa shape index (κ3) is 2.71. The third-order valence-corrected chi connectivity index (χ3v) is 4.17. The van der Waals surface area contributed by atoms with E-state index in [1.165, 1.54) is 41.1 Å². The van der Waals surface area contributed by atoms with E-state index in [4.69, 9.17) is 0 Å². The number of nitrogens with zero attached hydrogens (tertiary/aromatic N) is 3. The van der Waals surface area contributed by atoms with Gasteiger partial charge in [-0.25, -0.2) is 9.07 Å². The van der Waals surface area contributed by atoms with Crippen LogP contribution in [0.2, 0.25) is 0 Å². The normalized spacial score (nSPS) is 10.6. The van der Waals surface area contributed by atoms with Crippen LogP contribution in [0.3, 0.4) is 0 Å². The van der Waals surface area contributed by atoms with Crippen LogP contribution in [-0.2, 0) is 0 Å². The van der Waals surface area contributed by atoms with Crippen LogP contribution in [-0.4, -0.2) is 21.0 Å². The van der Waals surface area contributed by atoms with Gasteiger partial charge in [-0.15, -0.1) is 0 Å². The molecule has 0 atom stereocenters. The monoisotopic (exact) mass is 389 g/mol. The summed E-state index contributed by atoms with van der Waals surface area (Å²) in [5, 5.41) is 15.5. The van der Waals surface area contributed by atoms with Crippen molar-refractivity contribution in [1.82, 2.24) is 9.78 Å². The molecule has 0 aliphatic rings. The van der Waals surface area contributed by atoms with Crippen molar-refractivity contribution in [3.8, 4) is 16.9 Å². The lowest BCUT2D eigenvalue weighted by Crippen LogP contribution is -2.02. The van der Waals surface area contributed by atoms with Crippen molar-refractivity contribution in [2.24, 2.45) is 0 Å². The van der Waals surface area contributed by atoms with Crippen LogP contribution < -0.4 is 0 Å². The summed E-state index contributed by atoms with van der Waals surface area (Å²) >= 11 is 3.27. The molecule has 120 valence electrons. The van der Waals surface area contributed by atoms with E-state index in [1.54, 1.807) is 12.1 Å². The molecule has 24 heavy (non-hydrogen) atoms. The summed E-state index contributed by atoms with van der Waals surface area (Å²) in [7, 11) is 0. The quantitative estimate of drug-likeness (QED) is 0.381. The standard InChI is InChI=1S/C16H9BrFN3O3/c17-16-12(9-22)15(10-5-7-11(18)8-6-10)19-20(16)13-3-1-2-4-14(13)21(23)24/h1-9H. The number of rotatable bonds is 4. The zero-order valence-electron chi connectivity index (χ0n) is 12.0. The highest BCUT2D eigenvalue weighted by molar-refractivity contribution is 9.10. The number of para-hydroxylation sites is 2. The highest BCUT2D eigenvalue weighted by Gasteiger charge is 2.22. The molecule has 3 aromatic rings. The maximum Gasteiger partial charge on any atom is 0.294 e. The summed E-state index contributed by atoms with van der Waals surface area (Å²) in [5.41, 5.74) is 1.11. The topological polar surface area (TPSA) is 78.0 Å². The van der Waals surface area contributed by atoms with Gasteiger partial charge in [0, 0.05) is 11.6 Å². The van der Waals surface area contributed by atoms with Gasteiger partial charge in [0.1, 0.15) is 21.8 Å². The Labute approximate surface area is 143 Å². The first kappa shape index (κ1) is 16.0. The maximum absolute atomic E-state index is 13.1.